The minimum absolute atomic E-state index is 0.323. The van der Waals surface area contributed by atoms with Crippen molar-refractivity contribution in [3.63, 3.8) is 0 Å². The highest BCUT2D eigenvalue weighted by atomic mass is 127. The van der Waals surface area contributed by atoms with Gasteiger partial charge < -0.3 is 9.47 Å². The molecule has 1 saturated carbocycles. The van der Waals surface area contributed by atoms with Crippen molar-refractivity contribution in [2.45, 2.75) is 35.4 Å². The highest BCUT2D eigenvalue weighted by molar-refractivity contribution is 14.1. The third kappa shape index (κ3) is 4.05. The van der Waals surface area contributed by atoms with Gasteiger partial charge in [0.15, 0.2) is 0 Å². The number of hydrogen-bond donors (Lipinski definition) is 0. The van der Waals surface area contributed by atoms with Crippen molar-refractivity contribution >= 4 is 22.6 Å². The fourth-order valence-electron chi connectivity index (χ4n) is 4.26. The van der Waals surface area contributed by atoms with Crippen LogP contribution >= 0.6 is 22.6 Å². The van der Waals surface area contributed by atoms with Crippen LogP contribution in [0.1, 0.15) is 36.8 Å². The third-order valence-electron chi connectivity index (χ3n) is 5.77. The smallest absolute Gasteiger partial charge is 0.222 e. The normalized spacial score (nSPS) is 31.6. The molecule has 5 heteroatoms. The van der Waals surface area contributed by atoms with Gasteiger partial charge in [0.2, 0.25) is 5.79 Å². The van der Waals surface area contributed by atoms with Gasteiger partial charge in [0, 0.05) is 27.0 Å². The van der Waals surface area contributed by atoms with Gasteiger partial charge >= 0.3 is 0 Å². The van der Waals surface area contributed by atoms with Crippen molar-refractivity contribution in [1.82, 2.24) is 0 Å². The van der Waals surface area contributed by atoms with E-state index in [0.717, 1.165) is 15.6 Å². The van der Waals surface area contributed by atoms with E-state index in [2.05, 4.69) is 22.6 Å². The number of benzene rings is 2. The molecule has 2 aromatic carbocycles. The highest BCUT2D eigenvalue weighted by Crippen LogP contribution is 2.43. The second kappa shape index (κ2) is 8.13. The van der Waals surface area contributed by atoms with Crippen LogP contribution in [0.25, 0.3) is 0 Å². The van der Waals surface area contributed by atoms with Crippen molar-refractivity contribution in [3.8, 4) is 0 Å². The molecular formula is C22H23F2IO2. The first kappa shape index (κ1) is 19.3. The molecule has 0 bridgehead atoms. The molecule has 1 saturated heterocycles. The van der Waals surface area contributed by atoms with Gasteiger partial charge in [-0.2, -0.15) is 0 Å². The predicted molar refractivity (Wildman–Crippen MR) is 109 cm³/mol. The summed E-state index contributed by atoms with van der Waals surface area (Å²) in [5.41, 5.74) is 1.12. The predicted octanol–water partition coefficient (Wildman–Crippen LogP) is 5.82. The van der Waals surface area contributed by atoms with E-state index in [0.29, 0.717) is 30.6 Å². The molecule has 144 valence electrons. The van der Waals surface area contributed by atoms with Crippen molar-refractivity contribution in [2.24, 2.45) is 11.8 Å². The van der Waals surface area contributed by atoms with Crippen molar-refractivity contribution < 1.29 is 18.3 Å². The van der Waals surface area contributed by atoms with Crippen LogP contribution < -0.4 is 0 Å². The van der Waals surface area contributed by atoms with Gasteiger partial charge in [0.05, 0.1) is 13.2 Å². The molecule has 1 aliphatic carbocycles. The van der Waals surface area contributed by atoms with E-state index in [1.165, 1.54) is 37.8 Å². The van der Waals surface area contributed by atoms with Crippen LogP contribution in [-0.4, -0.2) is 17.1 Å². The van der Waals surface area contributed by atoms with E-state index in [4.69, 9.17) is 9.47 Å². The Balaban J connectivity index is 1.61. The maximum Gasteiger partial charge on any atom is 0.222 e. The first-order chi connectivity index (χ1) is 13.1. The Bertz CT molecular complexity index is 747. The van der Waals surface area contributed by atoms with Crippen molar-refractivity contribution in [1.29, 1.82) is 0 Å². The Morgan fingerprint density at radius 3 is 1.96 bits per heavy atom. The lowest BCUT2D eigenvalue weighted by molar-refractivity contribution is -0.274. The molecule has 2 nitrogen and oxygen atoms in total. The van der Waals surface area contributed by atoms with Crippen LogP contribution in [0.3, 0.4) is 0 Å². The fourth-order valence-corrected chi connectivity index (χ4v) is 4.98. The van der Waals surface area contributed by atoms with E-state index in [1.807, 2.05) is 30.3 Å². The van der Waals surface area contributed by atoms with Crippen LogP contribution in [0.5, 0.6) is 0 Å². The molecular weight excluding hydrogens is 461 g/mol. The van der Waals surface area contributed by atoms with Gasteiger partial charge in [-0.25, -0.2) is 8.78 Å². The first-order valence-electron chi connectivity index (χ1n) is 9.51. The zero-order valence-corrected chi connectivity index (χ0v) is 17.2. The second-order valence-corrected chi connectivity index (χ2v) is 9.30. The molecule has 0 spiro atoms. The lowest BCUT2D eigenvalue weighted by Crippen LogP contribution is -2.45. The SMILES string of the molecule is Fc1cc(F)cc(C2(c3ccccc3)OCC(C3CCC(I)CC3)CO2)c1. The Morgan fingerprint density at radius 2 is 1.37 bits per heavy atom. The van der Waals surface area contributed by atoms with Gasteiger partial charge in [-0.1, -0.05) is 52.9 Å². The Labute approximate surface area is 172 Å². The number of rotatable bonds is 3. The zero-order chi connectivity index (χ0) is 18.9. The quantitative estimate of drug-likeness (QED) is 0.404. The summed E-state index contributed by atoms with van der Waals surface area (Å²) >= 11 is 2.53. The summed E-state index contributed by atoms with van der Waals surface area (Å²) in [6.07, 6.45) is 4.86. The minimum atomic E-state index is -1.26. The molecule has 2 aromatic rings. The van der Waals surface area contributed by atoms with Crippen LogP contribution in [0.4, 0.5) is 8.78 Å². The molecule has 2 fully saturated rings. The van der Waals surface area contributed by atoms with Gasteiger partial charge in [-0.15, -0.1) is 0 Å². The fraction of sp³-hybridized carbons (Fsp3) is 0.455. The third-order valence-corrected chi connectivity index (χ3v) is 7.01. The summed E-state index contributed by atoms with van der Waals surface area (Å²) in [4.78, 5) is 0. The molecule has 0 aromatic heterocycles. The molecule has 0 amide bonds. The molecule has 0 radical (unpaired) electrons. The standard InChI is InChI=1S/C22H23F2IO2/c23-19-10-18(11-20(24)12-19)22(17-4-2-1-3-5-17)26-13-16(14-27-22)15-6-8-21(25)9-7-15/h1-5,10-12,15-16,21H,6-9,13-14H2. The molecule has 2 aliphatic rings. The second-order valence-electron chi connectivity index (χ2n) is 7.53. The molecule has 1 heterocycles. The Kier molecular flexibility index (Phi) is 5.81. The largest absolute Gasteiger partial charge is 0.342 e. The maximum atomic E-state index is 13.9. The maximum absolute atomic E-state index is 13.9. The number of halogens is 3. The van der Waals surface area contributed by atoms with Crippen molar-refractivity contribution in [3.05, 3.63) is 71.3 Å². The van der Waals surface area contributed by atoms with Gasteiger partial charge in [-0.3, -0.25) is 0 Å². The molecule has 27 heavy (non-hydrogen) atoms. The summed E-state index contributed by atoms with van der Waals surface area (Å²) < 4.78 is 41.2. The molecule has 0 N–H and O–H groups in total. The Hall–Kier alpha value is -1.05. The van der Waals surface area contributed by atoms with E-state index >= 15 is 0 Å². The molecule has 1 aliphatic heterocycles. The van der Waals surface area contributed by atoms with Crippen LogP contribution in [0, 0.1) is 23.5 Å². The van der Waals surface area contributed by atoms with Crippen molar-refractivity contribution in [2.75, 3.05) is 13.2 Å². The number of hydrogen-bond acceptors (Lipinski definition) is 2. The zero-order valence-electron chi connectivity index (χ0n) is 15.0. The van der Waals surface area contributed by atoms with Crippen LogP contribution in [0.15, 0.2) is 48.5 Å². The molecule has 0 atom stereocenters. The summed E-state index contributed by atoms with van der Waals surface area (Å²) in [6.45, 7) is 1.06. The number of ether oxygens (including phenoxy) is 2. The van der Waals surface area contributed by atoms with E-state index in [-0.39, 0.29) is 0 Å². The number of alkyl halides is 1. The summed E-state index contributed by atoms with van der Waals surface area (Å²) in [6, 6.07) is 12.9. The monoisotopic (exact) mass is 484 g/mol. The van der Waals surface area contributed by atoms with Crippen LogP contribution in [0.2, 0.25) is 0 Å². The van der Waals surface area contributed by atoms with Crippen LogP contribution in [-0.2, 0) is 15.3 Å². The van der Waals surface area contributed by atoms with Gasteiger partial charge in [0.25, 0.3) is 0 Å². The summed E-state index contributed by atoms with van der Waals surface area (Å²) in [5.74, 6) is -1.61. The summed E-state index contributed by atoms with van der Waals surface area (Å²) in [5, 5.41) is 0. The average molecular weight is 484 g/mol. The lowest BCUT2D eigenvalue weighted by Gasteiger charge is -2.43. The molecule has 4 rings (SSSR count). The average Bonchev–Trinajstić information content (AvgIpc) is 2.69. The molecule has 0 unspecified atom stereocenters. The summed E-state index contributed by atoms with van der Waals surface area (Å²) in [7, 11) is 0. The van der Waals surface area contributed by atoms with E-state index in [9.17, 15) is 8.78 Å². The van der Waals surface area contributed by atoms with Gasteiger partial charge in [0.1, 0.15) is 11.6 Å². The lowest BCUT2D eigenvalue weighted by atomic mass is 9.80. The highest BCUT2D eigenvalue weighted by Gasteiger charge is 2.43. The van der Waals surface area contributed by atoms with Gasteiger partial charge in [-0.05, 0) is 43.7 Å². The van der Waals surface area contributed by atoms with E-state index in [1.54, 1.807) is 0 Å². The van der Waals surface area contributed by atoms with E-state index < -0.39 is 17.4 Å². The first-order valence-corrected chi connectivity index (χ1v) is 10.8. The topological polar surface area (TPSA) is 18.5 Å². The minimum Gasteiger partial charge on any atom is -0.342 e. The Morgan fingerprint density at radius 1 is 0.778 bits per heavy atom.